The first-order valence-electron chi connectivity index (χ1n) is 21.4. The Balaban J connectivity index is 2.65. The Bertz CT molecular complexity index is 1170. The standard InChI is InChI=1S/C43H79N2O10P/c1-6-8-10-11-12-13-14-15-16-17-18-19-24-28-39(47)38(35-54-56(51,52)53-33-32-45(3,4)5)44-42(49)29-25-21-20-23-27-37-40(48)34-43(50)55-41(37)31-30-36(46)26-22-9-7-2/h10-11,20,23-24,28,30-31,36-41,43,46-48,50H,6-9,12-19,21-22,25-27,29,32-35H2,1-5H3,(H-,44,49,51,52)/b11-10-,23-20-,28-24+,31-30+/t36-,37-,38-,39+,40-,41+,43?/m0/s1. The van der Waals surface area contributed by atoms with Crippen molar-refractivity contribution >= 4 is 13.7 Å². The average Bonchev–Trinajstić information content (AvgIpc) is 3.12. The first-order chi connectivity index (χ1) is 26.7. The van der Waals surface area contributed by atoms with Crippen LogP contribution in [0.1, 0.15) is 136 Å². The monoisotopic (exact) mass is 815 g/mol. The van der Waals surface area contributed by atoms with Crippen LogP contribution in [0.25, 0.3) is 0 Å². The van der Waals surface area contributed by atoms with E-state index in [1.807, 2.05) is 39.4 Å². The van der Waals surface area contributed by atoms with Crippen LogP contribution in [0.2, 0.25) is 0 Å². The first kappa shape index (κ1) is 52.3. The Labute approximate surface area is 339 Å². The number of nitrogens with zero attached hydrogens (tertiary/aromatic N) is 1. The lowest BCUT2D eigenvalue weighted by Crippen LogP contribution is -2.45. The van der Waals surface area contributed by atoms with Crippen molar-refractivity contribution in [3.8, 4) is 0 Å². The van der Waals surface area contributed by atoms with Gasteiger partial charge in [0.2, 0.25) is 5.91 Å². The fourth-order valence-corrected chi connectivity index (χ4v) is 6.97. The van der Waals surface area contributed by atoms with Crippen LogP contribution >= 0.6 is 7.82 Å². The Hall–Kier alpha value is -1.70. The van der Waals surface area contributed by atoms with Crippen molar-refractivity contribution in [3.63, 3.8) is 0 Å². The smallest absolute Gasteiger partial charge is 0.268 e. The summed E-state index contributed by atoms with van der Waals surface area (Å²) in [5.41, 5.74) is 0. The zero-order valence-corrected chi connectivity index (χ0v) is 36.2. The SMILES string of the molecule is CCC/C=C\CCCCCCCC/C=C/[C@@H](O)[C@H](COP(=O)([O-])OCC[N+](C)(C)C)NC(=O)CCC/C=C\C[C@H]1[C@@H](O)CC(O)O[C@@H]1/C=C/[C@@H](O)CCCCC. The van der Waals surface area contributed by atoms with Crippen LogP contribution in [0.15, 0.2) is 48.6 Å². The van der Waals surface area contributed by atoms with Crippen molar-refractivity contribution in [1.29, 1.82) is 0 Å². The maximum absolute atomic E-state index is 12.9. The van der Waals surface area contributed by atoms with Crippen LogP contribution in [0, 0.1) is 5.92 Å². The molecule has 0 bridgehead atoms. The van der Waals surface area contributed by atoms with Crippen LogP contribution in [-0.2, 0) is 23.1 Å². The van der Waals surface area contributed by atoms with Gasteiger partial charge >= 0.3 is 0 Å². The summed E-state index contributed by atoms with van der Waals surface area (Å²) >= 11 is 0. The molecule has 56 heavy (non-hydrogen) atoms. The molecule has 12 nitrogen and oxygen atoms in total. The third-order valence-corrected chi connectivity index (χ3v) is 10.7. The third-order valence-electron chi connectivity index (χ3n) is 9.78. The van der Waals surface area contributed by atoms with E-state index in [0.717, 1.165) is 57.8 Å². The predicted octanol–water partition coefficient (Wildman–Crippen LogP) is 6.77. The van der Waals surface area contributed by atoms with Crippen molar-refractivity contribution in [2.24, 2.45) is 5.92 Å². The number of hydrogen-bond acceptors (Lipinski definition) is 10. The fraction of sp³-hybridized carbons (Fsp3) is 0.791. The van der Waals surface area contributed by atoms with Gasteiger partial charge in [0.1, 0.15) is 13.2 Å². The molecule has 8 atom stereocenters. The van der Waals surface area contributed by atoms with Gasteiger partial charge in [-0.15, -0.1) is 0 Å². The zero-order chi connectivity index (χ0) is 41.7. The molecule has 0 aromatic carbocycles. The highest BCUT2D eigenvalue weighted by atomic mass is 31.2. The minimum atomic E-state index is -4.67. The summed E-state index contributed by atoms with van der Waals surface area (Å²) < 4.78 is 28.8. The van der Waals surface area contributed by atoms with Gasteiger partial charge < -0.3 is 48.9 Å². The highest BCUT2D eigenvalue weighted by Gasteiger charge is 2.35. The molecular formula is C43H79N2O10P. The summed E-state index contributed by atoms with van der Waals surface area (Å²) in [7, 11) is 1.08. The molecule has 1 aliphatic rings. The van der Waals surface area contributed by atoms with Gasteiger partial charge in [0, 0.05) is 18.8 Å². The lowest BCUT2D eigenvalue weighted by molar-refractivity contribution is -0.870. The number of ether oxygens (including phenoxy) is 1. The number of hydrogen-bond donors (Lipinski definition) is 5. The number of aliphatic hydroxyl groups excluding tert-OH is 4. The number of rotatable bonds is 33. The van der Waals surface area contributed by atoms with Gasteiger partial charge in [-0.05, 0) is 57.8 Å². The number of phosphoric ester groups is 1. The second-order valence-corrected chi connectivity index (χ2v) is 17.6. The number of phosphoric acid groups is 1. The van der Waals surface area contributed by atoms with Crippen LogP contribution < -0.4 is 10.2 Å². The number of amides is 1. The summed E-state index contributed by atoms with van der Waals surface area (Å²) in [6, 6.07) is -0.997. The van der Waals surface area contributed by atoms with E-state index in [-0.39, 0.29) is 31.3 Å². The van der Waals surface area contributed by atoms with E-state index in [2.05, 4.69) is 31.3 Å². The molecule has 2 unspecified atom stereocenters. The van der Waals surface area contributed by atoms with E-state index in [1.165, 1.54) is 25.7 Å². The lowest BCUT2D eigenvalue weighted by Gasteiger charge is -2.36. The van der Waals surface area contributed by atoms with Gasteiger partial charge in [-0.25, -0.2) is 0 Å². The fourth-order valence-electron chi connectivity index (χ4n) is 6.25. The van der Waals surface area contributed by atoms with Crippen LogP contribution in [0.5, 0.6) is 0 Å². The minimum Gasteiger partial charge on any atom is -0.756 e. The number of carbonyl (C=O) groups excluding carboxylic acids is 1. The maximum Gasteiger partial charge on any atom is 0.268 e. The first-order valence-corrected chi connectivity index (χ1v) is 22.9. The van der Waals surface area contributed by atoms with Crippen LogP contribution in [-0.4, -0.2) is 108 Å². The van der Waals surface area contributed by atoms with Gasteiger partial charge in [-0.3, -0.25) is 9.36 Å². The van der Waals surface area contributed by atoms with E-state index in [0.29, 0.717) is 36.7 Å². The highest BCUT2D eigenvalue weighted by molar-refractivity contribution is 7.45. The Morgan fingerprint density at radius 1 is 0.857 bits per heavy atom. The van der Waals surface area contributed by atoms with Crippen molar-refractivity contribution in [3.05, 3.63) is 48.6 Å². The highest BCUT2D eigenvalue weighted by Crippen LogP contribution is 2.38. The molecule has 0 aromatic heterocycles. The molecule has 5 N–H and O–H groups in total. The summed E-state index contributed by atoms with van der Waals surface area (Å²) in [4.78, 5) is 25.4. The molecular weight excluding hydrogens is 735 g/mol. The van der Waals surface area contributed by atoms with E-state index in [4.69, 9.17) is 13.8 Å². The second-order valence-electron chi connectivity index (χ2n) is 16.2. The number of allylic oxidation sites excluding steroid dienone is 5. The van der Waals surface area contributed by atoms with Crippen LogP contribution in [0.4, 0.5) is 0 Å². The predicted molar refractivity (Wildman–Crippen MR) is 222 cm³/mol. The molecule has 1 aliphatic heterocycles. The van der Waals surface area contributed by atoms with Crippen molar-refractivity contribution in [1.82, 2.24) is 5.32 Å². The van der Waals surface area contributed by atoms with Crippen molar-refractivity contribution < 1.29 is 52.9 Å². The molecule has 0 aliphatic carbocycles. The van der Waals surface area contributed by atoms with Gasteiger partial charge in [0.05, 0.1) is 58.2 Å². The van der Waals surface area contributed by atoms with E-state index < -0.39 is 51.2 Å². The molecule has 1 heterocycles. The molecule has 0 radical (unpaired) electrons. The summed E-state index contributed by atoms with van der Waals surface area (Å²) in [5.74, 6) is -0.645. The van der Waals surface area contributed by atoms with Crippen LogP contribution in [0.3, 0.4) is 0 Å². The van der Waals surface area contributed by atoms with Crippen molar-refractivity contribution in [2.45, 2.75) is 173 Å². The largest absolute Gasteiger partial charge is 0.756 e. The van der Waals surface area contributed by atoms with Gasteiger partial charge in [0.15, 0.2) is 6.29 Å². The number of nitrogens with one attached hydrogen (secondary N) is 1. The average molecular weight is 815 g/mol. The Morgan fingerprint density at radius 2 is 1.50 bits per heavy atom. The molecule has 326 valence electrons. The molecule has 13 heteroatoms. The molecule has 0 aromatic rings. The number of aliphatic hydroxyl groups is 4. The molecule has 0 spiro atoms. The summed E-state index contributed by atoms with van der Waals surface area (Å²) in [6.45, 7) is 4.21. The zero-order valence-electron chi connectivity index (χ0n) is 35.3. The molecule has 0 saturated carbocycles. The number of quaternary nitrogens is 1. The van der Waals surface area contributed by atoms with E-state index in [9.17, 15) is 34.7 Å². The Morgan fingerprint density at radius 3 is 2.18 bits per heavy atom. The molecule has 1 rings (SSSR count). The molecule has 1 saturated heterocycles. The molecule has 1 amide bonds. The van der Waals surface area contributed by atoms with E-state index >= 15 is 0 Å². The van der Waals surface area contributed by atoms with Crippen molar-refractivity contribution in [2.75, 3.05) is 40.9 Å². The Kier molecular flexibility index (Phi) is 29.2. The maximum atomic E-state index is 12.9. The number of carbonyl (C=O) groups is 1. The quantitative estimate of drug-likeness (QED) is 0.0206. The molecule has 1 fully saturated rings. The topological polar surface area (TPSA) is 178 Å². The number of likely N-dealkylation sites (N-methyl/N-ethyl adjacent to an activating group) is 1. The third kappa shape index (κ3) is 27.9. The normalized spacial score (nSPS) is 22.3. The second kappa shape index (κ2) is 31.3. The van der Waals surface area contributed by atoms with Gasteiger partial charge in [-0.2, -0.15) is 0 Å². The lowest BCUT2D eigenvalue weighted by atomic mass is 9.87. The van der Waals surface area contributed by atoms with Gasteiger partial charge in [0.25, 0.3) is 7.82 Å². The summed E-state index contributed by atoms with van der Waals surface area (Å²) in [5, 5.41) is 44.7. The minimum absolute atomic E-state index is 0.0540. The summed E-state index contributed by atoms with van der Waals surface area (Å²) in [6.07, 6.45) is 27.7. The number of unbranched alkanes of at least 4 members (excludes halogenated alkanes) is 11. The van der Waals surface area contributed by atoms with Gasteiger partial charge in [-0.1, -0.05) is 114 Å². The van der Waals surface area contributed by atoms with E-state index in [1.54, 1.807) is 18.2 Å².